The Balaban J connectivity index is 1.91. The van der Waals surface area contributed by atoms with E-state index in [2.05, 4.69) is 5.32 Å². The van der Waals surface area contributed by atoms with Gasteiger partial charge < -0.3 is 10.1 Å². The van der Waals surface area contributed by atoms with Crippen LogP contribution in [0, 0.1) is 12.7 Å². The second-order valence-corrected chi connectivity index (χ2v) is 5.10. The van der Waals surface area contributed by atoms with Gasteiger partial charge in [0.05, 0.1) is 6.61 Å². The highest BCUT2D eigenvalue weighted by molar-refractivity contribution is 5.94. The van der Waals surface area contributed by atoms with Crippen molar-refractivity contribution in [2.45, 2.75) is 27.0 Å². The molecular weight excluding hydrogens is 281 g/mol. The number of aryl methyl sites for hydroxylation is 1. The highest BCUT2D eigenvalue weighted by Gasteiger charge is 2.07. The lowest BCUT2D eigenvalue weighted by Crippen LogP contribution is -2.22. The summed E-state index contributed by atoms with van der Waals surface area (Å²) in [6.07, 6.45) is 0. The van der Waals surface area contributed by atoms with Gasteiger partial charge in [-0.2, -0.15) is 0 Å². The third kappa shape index (κ3) is 4.40. The molecule has 0 spiro atoms. The van der Waals surface area contributed by atoms with Crippen molar-refractivity contribution in [2.75, 3.05) is 6.61 Å². The van der Waals surface area contributed by atoms with Crippen molar-refractivity contribution in [3.05, 3.63) is 70.5 Å². The SMILES string of the molecule is CCOCc1ccc(CNC(=O)c2ccc(C)c(F)c2)cc1. The fourth-order valence-corrected chi connectivity index (χ4v) is 1.99. The van der Waals surface area contributed by atoms with Gasteiger partial charge in [-0.05, 0) is 42.7 Å². The van der Waals surface area contributed by atoms with E-state index in [1.165, 1.54) is 6.07 Å². The lowest BCUT2D eigenvalue weighted by atomic mass is 10.1. The number of carbonyl (C=O) groups is 1. The molecule has 0 aliphatic heterocycles. The van der Waals surface area contributed by atoms with Gasteiger partial charge in [0.15, 0.2) is 0 Å². The molecule has 2 rings (SSSR count). The quantitative estimate of drug-likeness (QED) is 0.885. The highest BCUT2D eigenvalue weighted by Crippen LogP contribution is 2.10. The van der Waals surface area contributed by atoms with E-state index in [9.17, 15) is 9.18 Å². The smallest absolute Gasteiger partial charge is 0.251 e. The van der Waals surface area contributed by atoms with Gasteiger partial charge in [-0.3, -0.25) is 4.79 Å². The summed E-state index contributed by atoms with van der Waals surface area (Å²) in [5.41, 5.74) is 2.94. The van der Waals surface area contributed by atoms with Crippen molar-refractivity contribution in [2.24, 2.45) is 0 Å². The topological polar surface area (TPSA) is 38.3 Å². The monoisotopic (exact) mass is 301 g/mol. The maximum absolute atomic E-state index is 13.5. The van der Waals surface area contributed by atoms with Crippen molar-refractivity contribution in [1.29, 1.82) is 0 Å². The zero-order valence-corrected chi connectivity index (χ0v) is 12.9. The van der Waals surface area contributed by atoms with Gasteiger partial charge in [0, 0.05) is 18.7 Å². The number of ether oxygens (including phenoxy) is 1. The van der Waals surface area contributed by atoms with Crippen LogP contribution in [0.2, 0.25) is 0 Å². The number of amides is 1. The summed E-state index contributed by atoms with van der Waals surface area (Å²) in [4.78, 5) is 12.0. The maximum atomic E-state index is 13.5. The molecule has 0 saturated heterocycles. The minimum atomic E-state index is -0.368. The van der Waals surface area contributed by atoms with Crippen LogP contribution in [0.4, 0.5) is 4.39 Å². The number of halogens is 1. The molecule has 116 valence electrons. The van der Waals surface area contributed by atoms with Gasteiger partial charge in [-0.25, -0.2) is 4.39 Å². The van der Waals surface area contributed by atoms with Crippen molar-refractivity contribution in [1.82, 2.24) is 5.32 Å². The summed E-state index contributed by atoms with van der Waals surface area (Å²) >= 11 is 0. The molecule has 0 heterocycles. The predicted molar refractivity (Wildman–Crippen MR) is 84.1 cm³/mol. The molecule has 0 unspecified atom stereocenters. The van der Waals surface area contributed by atoms with Crippen molar-refractivity contribution >= 4 is 5.91 Å². The van der Waals surface area contributed by atoms with E-state index in [-0.39, 0.29) is 11.7 Å². The van der Waals surface area contributed by atoms with Crippen LogP contribution in [-0.2, 0) is 17.9 Å². The summed E-state index contributed by atoms with van der Waals surface area (Å²) in [5, 5.41) is 2.79. The van der Waals surface area contributed by atoms with Crippen LogP contribution >= 0.6 is 0 Å². The normalized spacial score (nSPS) is 10.5. The Labute approximate surface area is 130 Å². The Bertz CT molecular complexity index is 638. The van der Waals surface area contributed by atoms with E-state index in [0.29, 0.717) is 30.9 Å². The van der Waals surface area contributed by atoms with E-state index in [0.717, 1.165) is 11.1 Å². The van der Waals surface area contributed by atoms with Crippen LogP contribution < -0.4 is 5.32 Å². The number of carbonyl (C=O) groups excluding carboxylic acids is 1. The van der Waals surface area contributed by atoms with Crippen molar-refractivity contribution in [3.8, 4) is 0 Å². The largest absolute Gasteiger partial charge is 0.377 e. The molecule has 2 aromatic rings. The molecule has 2 aromatic carbocycles. The lowest BCUT2D eigenvalue weighted by Gasteiger charge is -2.07. The number of nitrogens with one attached hydrogen (secondary N) is 1. The molecular formula is C18H20FNO2. The first-order valence-electron chi connectivity index (χ1n) is 7.30. The highest BCUT2D eigenvalue weighted by atomic mass is 19.1. The molecule has 0 aromatic heterocycles. The summed E-state index contributed by atoms with van der Waals surface area (Å²) in [7, 11) is 0. The zero-order chi connectivity index (χ0) is 15.9. The van der Waals surface area contributed by atoms with E-state index >= 15 is 0 Å². The Hall–Kier alpha value is -2.20. The number of rotatable bonds is 6. The fourth-order valence-electron chi connectivity index (χ4n) is 1.99. The minimum Gasteiger partial charge on any atom is -0.377 e. The third-order valence-corrected chi connectivity index (χ3v) is 3.38. The molecule has 4 heteroatoms. The molecule has 0 saturated carbocycles. The maximum Gasteiger partial charge on any atom is 0.251 e. The molecule has 3 nitrogen and oxygen atoms in total. The van der Waals surface area contributed by atoms with Crippen molar-refractivity contribution < 1.29 is 13.9 Å². The molecule has 1 amide bonds. The molecule has 0 fully saturated rings. The van der Waals surface area contributed by atoms with E-state index < -0.39 is 0 Å². The van der Waals surface area contributed by atoms with Crippen LogP contribution in [0.15, 0.2) is 42.5 Å². The Morgan fingerprint density at radius 3 is 2.45 bits per heavy atom. The van der Waals surface area contributed by atoms with E-state index in [4.69, 9.17) is 4.74 Å². The first-order chi connectivity index (χ1) is 10.6. The number of benzene rings is 2. The van der Waals surface area contributed by atoms with E-state index in [1.54, 1.807) is 19.1 Å². The second-order valence-electron chi connectivity index (χ2n) is 5.10. The Morgan fingerprint density at radius 1 is 1.14 bits per heavy atom. The summed E-state index contributed by atoms with van der Waals surface area (Å²) in [6, 6.07) is 12.3. The van der Waals surface area contributed by atoms with Gasteiger partial charge in [0.1, 0.15) is 5.82 Å². The molecule has 0 radical (unpaired) electrons. The average molecular weight is 301 g/mol. The summed E-state index contributed by atoms with van der Waals surface area (Å²) < 4.78 is 18.8. The average Bonchev–Trinajstić information content (AvgIpc) is 2.54. The van der Waals surface area contributed by atoms with Gasteiger partial charge >= 0.3 is 0 Å². The van der Waals surface area contributed by atoms with Gasteiger partial charge in [-0.1, -0.05) is 30.3 Å². The molecule has 0 atom stereocenters. The standard InChI is InChI=1S/C18H20FNO2/c1-3-22-12-15-7-5-14(6-8-15)11-20-18(21)16-9-4-13(2)17(19)10-16/h4-10H,3,11-12H2,1-2H3,(H,20,21). The predicted octanol–water partition coefficient (Wildman–Crippen LogP) is 3.60. The molecule has 0 aliphatic rings. The molecule has 0 aliphatic carbocycles. The Morgan fingerprint density at radius 2 is 1.82 bits per heavy atom. The summed E-state index contributed by atoms with van der Waals surface area (Å²) in [5.74, 6) is -0.648. The number of hydrogen-bond donors (Lipinski definition) is 1. The molecule has 1 N–H and O–H groups in total. The van der Waals surface area contributed by atoms with E-state index in [1.807, 2.05) is 31.2 Å². The van der Waals surface area contributed by atoms with Gasteiger partial charge in [0.25, 0.3) is 5.91 Å². The second kappa shape index (κ2) is 7.71. The first-order valence-corrected chi connectivity index (χ1v) is 7.30. The van der Waals surface area contributed by atoms with Crippen LogP contribution in [0.25, 0.3) is 0 Å². The van der Waals surface area contributed by atoms with Crippen LogP contribution in [0.1, 0.15) is 34.0 Å². The van der Waals surface area contributed by atoms with Crippen LogP contribution in [-0.4, -0.2) is 12.5 Å². The lowest BCUT2D eigenvalue weighted by molar-refractivity contribution is 0.0950. The fraction of sp³-hybridized carbons (Fsp3) is 0.278. The Kier molecular flexibility index (Phi) is 5.67. The summed E-state index contributed by atoms with van der Waals surface area (Å²) in [6.45, 7) is 5.30. The van der Waals surface area contributed by atoms with Crippen LogP contribution in [0.5, 0.6) is 0 Å². The molecule has 0 bridgehead atoms. The first kappa shape index (κ1) is 16.2. The van der Waals surface area contributed by atoms with Crippen molar-refractivity contribution in [3.63, 3.8) is 0 Å². The third-order valence-electron chi connectivity index (χ3n) is 3.38. The molecule has 22 heavy (non-hydrogen) atoms. The van der Waals surface area contributed by atoms with Crippen LogP contribution in [0.3, 0.4) is 0 Å². The van der Waals surface area contributed by atoms with Gasteiger partial charge in [0.2, 0.25) is 0 Å². The minimum absolute atomic E-state index is 0.280. The van der Waals surface area contributed by atoms with Gasteiger partial charge in [-0.15, -0.1) is 0 Å². The number of hydrogen-bond acceptors (Lipinski definition) is 2. The zero-order valence-electron chi connectivity index (χ0n) is 12.9.